The third-order valence-electron chi connectivity index (χ3n) is 11.3. The first kappa shape index (κ1) is 53.0. The lowest BCUT2D eigenvalue weighted by Crippen LogP contribution is -2.27. The van der Waals surface area contributed by atoms with E-state index in [9.17, 15) is 5.11 Å². The average molecular weight is 763 g/mol. The van der Waals surface area contributed by atoms with Crippen LogP contribution in [0.25, 0.3) is 0 Å². The number of rotatable bonds is 46. The van der Waals surface area contributed by atoms with Crippen LogP contribution in [0, 0.1) is 0 Å². The molecule has 1 atom stereocenters. The molecule has 0 amide bonds. The van der Waals surface area contributed by atoms with E-state index in [0.717, 1.165) is 43.6 Å². The summed E-state index contributed by atoms with van der Waals surface area (Å²) in [6, 6.07) is 0. The summed E-state index contributed by atoms with van der Waals surface area (Å²) in [7, 11) is 1.98. The van der Waals surface area contributed by atoms with Gasteiger partial charge in [-0.1, -0.05) is 175 Å². The fourth-order valence-electron chi connectivity index (χ4n) is 7.57. The van der Waals surface area contributed by atoms with Gasteiger partial charge >= 0.3 is 0 Å². The SMILES string of the molecule is C=C(CCCN(CCCCCCCC(=C)OC(CCCCCCCC)CCCCCCCC)CCCCCCCC(O)OCCCCCCCCC)NC. The van der Waals surface area contributed by atoms with Gasteiger partial charge in [-0.3, -0.25) is 0 Å². The standard InChI is InChI=1S/C49H98N2O3/c1-7-10-13-16-19-28-35-45-53-49(52)41-32-25-21-27-34-43-51(44-36-37-46(4)50-6)42-33-26-20-22-29-38-47(5)54-48(39-30-23-17-14-11-8-2)40-31-24-18-15-12-9-3/h48-50,52H,4-5,7-45H2,1-3,6H3. The first-order valence-corrected chi connectivity index (χ1v) is 24.2. The lowest BCUT2D eigenvalue weighted by molar-refractivity contribution is -0.105. The van der Waals surface area contributed by atoms with Crippen molar-refractivity contribution in [3.63, 3.8) is 0 Å². The molecule has 0 bridgehead atoms. The zero-order valence-electron chi connectivity index (χ0n) is 37.4. The van der Waals surface area contributed by atoms with Crippen molar-refractivity contribution in [2.45, 2.75) is 258 Å². The summed E-state index contributed by atoms with van der Waals surface area (Å²) in [4.78, 5) is 2.70. The Kier molecular flexibility index (Phi) is 42.3. The van der Waals surface area contributed by atoms with Gasteiger partial charge in [-0.25, -0.2) is 0 Å². The van der Waals surface area contributed by atoms with Gasteiger partial charge in [0.05, 0.1) is 11.9 Å². The number of aliphatic hydroxyl groups excluding tert-OH is 1. The predicted molar refractivity (Wildman–Crippen MR) is 239 cm³/mol. The molecule has 2 N–H and O–H groups in total. The minimum absolute atomic E-state index is 0.378. The Balaban J connectivity index is 4.24. The van der Waals surface area contributed by atoms with Gasteiger partial charge in [0, 0.05) is 25.8 Å². The van der Waals surface area contributed by atoms with Gasteiger partial charge < -0.3 is 24.8 Å². The first-order valence-electron chi connectivity index (χ1n) is 24.2. The third-order valence-corrected chi connectivity index (χ3v) is 11.3. The Morgan fingerprint density at radius 2 is 0.907 bits per heavy atom. The van der Waals surface area contributed by atoms with Crippen molar-refractivity contribution in [3.8, 4) is 0 Å². The lowest BCUT2D eigenvalue weighted by Gasteiger charge is -2.23. The van der Waals surface area contributed by atoms with Crippen LogP contribution in [0.15, 0.2) is 24.6 Å². The molecule has 0 aromatic carbocycles. The molecule has 0 fully saturated rings. The van der Waals surface area contributed by atoms with Crippen LogP contribution in [-0.4, -0.2) is 55.7 Å². The quantitative estimate of drug-likeness (QED) is 0.0367. The molecule has 0 aliphatic rings. The second-order valence-corrected chi connectivity index (χ2v) is 16.7. The summed E-state index contributed by atoms with van der Waals surface area (Å²) in [6.45, 7) is 19.6. The van der Waals surface area contributed by atoms with Gasteiger partial charge in [0.15, 0.2) is 6.29 Å². The number of hydrogen-bond donors (Lipinski definition) is 2. The zero-order valence-corrected chi connectivity index (χ0v) is 37.4. The molecule has 322 valence electrons. The molecule has 0 aromatic rings. The van der Waals surface area contributed by atoms with Gasteiger partial charge in [0.1, 0.15) is 0 Å². The van der Waals surface area contributed by atoms with Crippen molar-refractivity contribution >= 4 is 0 Å². The molecule has 0 aliphatic carbocycles. The number of hydrogen-bond acceptors (Lipinski definition) is 5. The molecule has 5 heteroatoms. The minimum Gasteiger partial charge on any atom is -0.495 e. The molecule has 54 heavy (non-hydrogen) atoms. The topological polar surface area (TPSA) is 54.0 Å². The maximum atomic E-state index is 10.2. The Morgan fingerprint density at radius 1 is 0.500 bits per heavy atom. The highest BCUT2D eigenvalue weighted by atomic mass is 16.6. The molecule has 5 nitrogen and oxygen atoms in total. The van der Waals surface area contributed by atoms with Crippen molar-refractivity contribution in [3.05, 3.63) is 24.6 Å². The molecule has 0 aromatic heterocycles. The van der Waals surface area contributed by atoms with Crippen molar-refractivity contribution in [2.24, 2.45) is 0 Å². The largest absolute Gasteiger partial charge is 0.495 e. The van der Waals surface area contributed by atoms with E-state index < -0.39 is 6.29 Å². The van der Waals surface area contributed by atoms with Gasteiger partial charge in [0.25, 0.3) is 0 Å². The predicted octanol–water partition coefficient (Wildman–Crippen LogP) is 15.0. The molecule has 0 heterocycles. The van der Waals surface area contributed by atoms with Crippen molar-refractivity contribution in [2.75, 3.05) is 33.3 Å². The average Bonchev–Trinajstić information content (AvgIpc) is 3.17. The normalized spacial score (nSPS) is 12.2. The number of nitrogens with zero attached hydrogens (tertiary/aromatic N) is 1. The molecular formula is C49H98N2O3. The van der Waals surface area contributed by atoms with E-state index in [0.29, 0.717) is 12.7 Å². The molecular weight excluding hydrogens is 665 g/mol. The number of nitrogens with one attached hydrogen (secondary N) is 1. The van der Waals surface area contributed by atoms with Crippen molar-refractivity contribution < 1.29 is 14.6 Å². The van der Waals surface area contributed by atoms with E-state index in [4.69, 9.17) is 9.47 Å². The maximum absolute atomic E-state index is 10.2. The van der Waals surface area contributed by atoms with Crippen LogP contribution < -0.4 is 5.32 Å². The number of ether oxygens (including phenoxy) is 2. The maximum Gasteiger partial charge on any atom is 0.154 e. The third kappa shape index (κ3) is 39.2. The molecule has 0 saturated carbocycles. The summed E-state index contributed by atoms with van der Waals surface area (Å²) in [5.74, 6) is 1.04. The summed E-state index contributed by atoms with van der Waals surface area (Å²) in [6.07, 6.45) is 43.9. The second-order valence-electron chi connectivity index (χ2n) is 16.7. The fraction of sp³-hybridized carbons (Fsp3) is 0.918. The van der Waals surface area contributed by atoms with Crippen LogP contribution in [0.5, 0.6) is 0 Å². The molecule has 0 rings (SSSR count). The van der Waals surface area contributed by atoms with E-state index in [2.05, 4.69) is 44.1 Å². The van der Waals surface area contributed by atoms with E-state index in [1.165, 1.54) is 212 Å². The highest BCUT2D eigenvalue weighted by Gasteiger charge is 2.12. The van der Waals surface area contributed by atoms with Crippen LogP contribution in [0.4, 0.5) is 0 Å². The molecule has 0 spiro atoms. The Bertz CT molecular complexity index is 758. The van der Waals surface area contributed by atoms with Crippen LogP contribution >= 0.6 is 0 Å². The van der Waals surface area contributed by atoms with E-state index >= 15 is 0 Å². The molecule has 0 radical (unpaired) electrons. The van der Waals surface area contributed by atoms with Gasteiger partial charge in [0.2, 0.25) is 0 Å². The Morgan fingerprint density at radius 3 is 1.41 bits per heavy atom. The van der Waals surface area contributed by atoms with Gasteiger partial charge in [-0.15, -0.1) is 0 Å². The molecule has 1 unspecified atom stereocenters. The second kappa shape index (κ2) is 43.1. The summed E-state index contributed by atoms with van der Waals surface area (Å²) in [5, 5.41) is 13.4. The van der Waals surface area contributed by atoms with Crippen LogP contribution in [0.2, 0.25) is 0 Å². The van der Waals surface area contributed by atoms with Crippen molar-refractivity contribution in [1.29, 1.82) is 0 Å². The zero-order chi connectivity index (χ0) is 39.6. The smallest absolute Gasteiger partial charge is 0.154 e. The van der Waals surface area contributed by atoms with Crippen molar-refractivity contribution in [1.82, 2.24) is 10.2 Å². The summed E-state index contributed by atoms with van der Waals surface area (Å²) >= 11 is 0. The minimum atomic E-state index is -0.577. The fourth-order valence-corrected chi connectivity index (χ4v) is 7.57. The van der Waals surface area contributed by atoms with Crippen LogP contribution in [0.3, 0.4) is 0 Å². The van der Waals surface area contributed by atoms with Gasteiger partial charge in [-0.05, 0) is 96.7 Å². The van der Waals surface area contributed by atoms with Crippen LogP contribution in [0.1, 0.15) is 245 Å². The number of allylic oxidation sites excluding steroid dienone is 2. The molecule has 0 aliphatic heterocycles. The Hall–Kier alpha value is -1.04. The highest BCUT2D eigenvalue weighted by Crippen LogP contribution is 2.21. The van der Waals surface area contributed by atoms with E-state index in [1.807, 2.05) is 7.05 Å². The summed E-state index contributed by atoms with van der Waals surface area (Å²) < 4.78 is 12.2. The highest BCUT2D eigenvalue weighted by molar-refractivity contribution is 4.89. The first-order chi connectivity index (χ1) is 26.5. The number of aliphatic hydroxyl groups is 1. The van der Waals surface area contributed by atoms with Crippen LogP contribution in [-0.2, 0) is 9.47 Å². The summed E-state index contributed by atoms with van der Waals surface area (Å²) in [5.41, 5.74) is 1.14. The number of unbranched alkanes of at least 4 members (excludes halogenated alkanes) is 24. The van der Waals surface area contributed by atoms with E-state index in [1.54, 1.807) is 0 Å². The molecule has 0 saturated heterocycles. The lowest BCUT2D eigenvalue weighted by atomic mass is 10.0. The van der Waals surface area contributed by atoms with Gasteiger partial charge in [-0.2, -0.15) is 0 Å². The van der Waals surface area contributed by atoms with E-state index in [-0.39, 0.29) is 0 Å². The Labute approximate surface area is 339 Å². The monoisotopic (exact) mass is 763 g/mol.